The molecule has 1 aromatic rings. The summed E-state index contributed by atoms with van der Waals surface area (Å²) < 4.78 is 12.9. The fourth-order valence-corrected chi connectivity index (χ4v) is 2.21. The van der Waals surface area contributed by atoms with Gasteiger partial charge in [0, 0.05) is 5.38 Å². The monoisotopic (exact) mass is 248 g/mol. The lowest BCUT2D eigenvalue weighted by atomic mass is 9.97. The van der Waals surface area contributed by atoms with E-state index >= 15 is 0 Å². The van der Waals surface area contributed by atoms with Crippen LogP contribution in [0.15, 0.2) is 18.2 Å². The van der Waals surface area contributed by atoms with E-state index in [0.717, 1.165) is 18.4 Å². The predicted molar refractivity (Wildman–Crippen MR) is 64.2 cm³/mol. The van der Waals surface area contributed by atoms with E-state index in [1.807, 2.05) is 6.92 Å². The largest absolute Gasteiger partial charge is 0.205 e. The summed E-state index contributed by atoms with van der Waals surface area (Å²) in [4.78, 5) is 0. The van der Waals surface area contributed by atoms with Crippen molar-refractivity contribution in [3.8, 4) is 0 Å². The smallest absolute Gasteiger partial charge is 0.141 e. The standard InChI is InChI=1S/C12H15Cl2F/c1-8(5-9(2)13)6-10-3-4-12(15)11(14)7-10/h3-4,7-9H,5-6H2,1-2H3. The number of benzene rings is 1. The Morgan fingerprint density at radius 3 is 2.53 bits per heavy atom. The van der Waals surface area contributed by atoms with Crippen LogP contribution in [0.1, 0.15) is 25.8 Å². The van der Waals surface area contributed by atoms with Gasteiger partial charge in [0.15, 0.2) is 0 Å². The maximum atomic E-state index is 12.9. The van der Waals surface area contributed by atoms with Crippen molar-refractivity contribution in [3.63, 3.8) is 0 Å². The van der Waals surface area contributed by atoms with E-state index in [9.17, 15) is 4.39 Å². The second-order valence-corrected chi connectivity index (χ2v) is 5.23. The molecule has 0 radical (unpaired) electrons. The third-order valence-corrected chi connectivity index (χ3v) is 2.76. The summed E-state index contributed by atoms with van der Waals surface area (Å²) >= 11 is 11.6. The van der Waals surface area contributed by atoms with Gasteiger partial charge in [-0.25, -0.2) is 4.39 Å². The van der Waals surface area contributed by atoms with Gasteiger partial charge in [-0.15, -0.1) is 11.6 Å². The minimum Gasteiger partial charge on any atom is -0.205 e. The van der Waals surface area contributed by atoms with Gasteiger partial charge < -0.3 is 0 Å². The first-order valence-electron chi connectivity index (χ1n) is 5.07. The van der Waals surface area contributed by atoms with Crippen LogP contribution in [0.25, 0.3) is 0 Å². The van der Waals surface area contributed by atoms with E-state index < -0.39 is 0 Å². The van der Waals surface area contributed by atoms with Gasteiger partial charge >= 0.3 is 0 Å². The van der Waals surface area contributed by atoms with Gasteiger partial charge in [-0.2, -0.15) is 0 Å². The maximum Gasteiger partial charge on any atom is 0.141 e. The normalized spacial score (nSPS) is 15.0. The Morgan fingerprint density at radius 1 is 1.33 bits per heavy atom. The van der Waals surface area contributed by atoms with Crippen LogP contribution in [-0.4, -0.2) is 5.38 Å². The number of hydrogen-bond acceptors (Lipinski definition) is 0. The minimum absolute atomic E-state index is 0.177. The van der Waals surface area contributed by atoms with Gasteiger partial charge in [0.2, 0.25) is 0 Å². The van der Waals surface area contributed by atoms with Crippen molar-refractivity contribution in [2.45, 2.75) is 32.1 Å². The third-order valence-electron chi connectivity index (χ3n) is 2.30. The summed E-state index contributed by atoms with van der Waals surface area (Å²) in [6.07, 6.45) is 1.84. The summed E-state index contributed by atoms with van der Waals surface area (Å²) in [6.45, 7) is 4.12. The van der Waals surface area contributed by atoms with E-state index in [0.29, 0.717) is 5.92 Å². The zero-order chi connectivity index (χ0) is 11.4. The summed E-state index contributed by atoms with van der Waals surface area (Å²) in [6, 6.07) is 4.87. The Labute approximate surface area is 100 Å². The molecular formula is C12H15Cl2F. The van der Waals surface area contributed by atoms with Gasteiger partial charge in [0.05, 0.1) is 5.02 Å². The van der Waals surface area contributed by atoms with E-state index in [4.69, 9.17) is 23.2 Å². The van der Waals surface area contributed by atoms with Crippen LogP contribution in [0.5, 0.6) is 0 Å². The molecule has 0 saturated heterocycles. The highest BCUT2D eigenvalue weighted by atomic mass is 35.5. The van der Waals surface area contributed by atoms with Gasteiger partial charge in [-0.3, -0.25) is 0 Å². The molecule has 0 saturated carbocycles. The van der Waals surface area contributed by atoms with E-state index in [1.54, 1.807) is 12.1 Å². The molecule has 0 aliphatic heterocycles. The summed E-state index contributed by atoms with van der Waals surface area (Å²) in [7, 11) is 0. The van der Waals surface area contributed by atoms with Crippen LogP contribution in [0.2, 0.25) is 5.02 Å². The maximum absolute atomic E-state index is 12.9. The van der Waals surface area contributed by atoms with E-state index in [2.05, 4.69) is 6.92 Å². The van der Waals surface area contributed by atoms with Crippen LogP contribution in [0, 0.1) is 11.7 Å². The number of rotatable bonds is 4. The topological polar surface area (TPSA) is 0 Å². The average Bonchev–Trinajstić information content (AvgIpc) is 2.10. The van der Waals surface area contributed by atoms with Crippen molar-refractivity contribution < 1.29 is 4.39 Å². The molecule has 0 N–H and O–H groups in total. The molecule has 2 unspecified atom stereocenters. The molecule has 84 valence electrons. The molecule has 0 nitrogen and oxygen atoms in total. The first kappa shape index (κ1) is 12.8. The quantitative estimate of drug-likeness (QED) is 0.680. The second kappa shape index (κ2) is 5.72. The molecule has 2 atom stereocenters. The SMILES string of the molecule is CC(Cl)CC(C)Cc1ccc(F)c(Cl)c1. The lowest BCUT2D eigenvalue weighted by Gasteiger charge is -2.12. The lowest BCUT2D eigenvalue weighted by molar-refractivity contribution is 0.525. The molecule has 1 aromatic carbocycles. The van der Waals surface area contributed by atoms with Crippen LogP contribution in [0.4, 0.5) is 4.39 Å². The zero-order valence-corrected chi connectivity index (χ0v) is 10.4. The van der Waals surface area contributed by atoms with E-state index in [-0.39, 0.29) is 16.2 Å². The van der Waals surface area contributed by atoms with Crippen molar-refractivity contribution in [2.75, 3.05) is 0 Å². The van der Waals surface area contributed by atoms with Gasteiger partial charge in [0.25, 0.3) is 0 Å². The van der Waals surface area contributed by atoms with Crippen molar-refractivity contribution in [3.05, 3.63) is 34.6 Å². The number of halogens is 3. The lowest BCUT2D eigenvalue weighted by Crippen LogP contribution is -2.05. The summed E-state index contributed by atoms with van der Waals surface area (Å²) in [5.74, 6) is 0.123. The van der Waals surface area contributed by atoms with Gasteiger partial charge in [0.1, 0.15) is 5.82 Å². The summed E-state index contributed by atoms with van der Waals surface area (Å²) in [5.41, 5.74) is 1.06. The molecule has 0 bridgehead atoms. The fraction of sp³-hybridized carbons (Fsp3) is 0.500. The zero-order valence-electron chi connectivity index (χ0n) is 8.93. The molecule has 0 spiro atoms. The molecule has 3 heteroatoms. The number of hydrogen-bond donors (Lipinski definition) is 0. The highest BCUT2D eigenvalue weighted by molar-refractivity contribution is 6.30. The van der Waals surface area contributed by atoms with Crippen LogP contribution >= 0.6 is 23.2 Å². The van der Waals surface area contributed by atoms with Crippen LogP contribution < -0.4 is 0 Å². The molecule has 0 aliphatic carbocycles. The highest BCUT2D eigenvalue weighted by Gasteiger charge is 2.08. The fourth-order valence-electron chi connectivity index (χ4n) is 1.71. The second-order valence-electron chi connectivity index (χ2n) is 4.07. The van der Waals surface area contributed by atoms with Gasteiger partial charge in [-0.05, 0) is 43.4 Å². The molecule has 0 fully saturated rings. The first-order chi connectivity index (χ1) is 6.99. The molecule has 0 aliphatic rings. The Bertz CT molecular complexity index is 323. The highest BCUT2D eigenvalue weighted by Crippen LogP contribution is 2.20. The Kier molecular flexibility index (Phi) is 4.88. The Balaban J connectivity index is 2.60. The Hall–Kier alpha value is -0.270. The summed E-state index contributed by atoms with van der Waals surface area (Å²) in [5, 5.41) is 0.370. The molecule has 1 rings (SSSR count). The average molecular weight is 249 g/mol. The molecule has 0 aromatic heterocycles. The third kappa shape index (κ3) is 4.40. The predicted octanol–water partition coefficient (Wildman–Crippen LogP) is 4.68. The van der Waals surface area contributed by atoms with E-state index in [1.165, 1.54) is 6.07 Å². The van der Waals surface area contributed by atoms with Crippen LogP contribution in [-0.2, 0) is 6.42 Å². The number of alkyl halides is 1. The van der Waals surface area contributed by atoms with Crippen molar-refractivity contribution in [1.82, 2.24) is 0 Å². The van der Waals surface area contributed by atoms with Crippen LogP contribution in [0.3, 0.4) is 0 Å². The van der Waals surface area contributed by atoms with Crippen molar-refractivity contribution >= 4 is 23.2 Å². The van der Waals surface area contributed by atoms with Gasteiger partial charge in [-0.1, -0.05) is 24.6 Å². The first-order valence-corrected chi connectivity index (χ1v) is 5.88. The Morgan fingerprint density at radius 2 is 2.00 bits per heavy atom. The minimum atomic E-state index is -0.362. The molecular weight excluding hydrogens is 234 g/mol. The molecule has 0 heterocycles. The molecule has 0 amide bonds. The molecule has 15 heavy (non-hydrogen) atoms. The van der Waals surface area contributed by atoms with Crippen molar-refractivity contribution in [2.24, 2.45) is 5.92 Å². The van der Waals surface area contributed by atoms with Crippen molar-refractivity contribution in [1.29, 1.82) is 0 Å².